The topological polar surface area (TPSA) is 74.4 Å². The number of imidazole rings is 1. The van der Waals surface area contributed by atoms with Crippen LogP contribution in [0, 0.1) is 5.82 Å². The van der Waals surface area contributed by atoms with Crippen molar-refractivity contribution >= 4 is 11.0 Å². The van der Waals surface area contributed by atoms with E-state index < -0.39 is 17.6 Å². The highest BCUT2D eigenvalue weighted by Crippen LogP contribution is 2.32. The number of nitrogens with zero attached hydrogens (tertiary/aromatic N) is 2. The lowest BCUT2D eigenvalue weighted by atomic mass is 10.0. The monoisotopic (exact) mass is 430 g/mol. The molecular formula is C22H18F4N4O. The van der Waals surface area contributed by atoms with Gasteiger partial charge in [0, 0.05) is 11.8 Å². The second kappa shape index (κ2) is 8.33. The average molecular weight is 430 g/mol. The molecule has 0 unspecified atom stereocenters. The van der Waals surface area contributed by atoms with E-state index in [0.29, 0.717) is 16.8 Å². The summed E-state index contributed by atoms with van der Waals surface area (Å²) in [6.07, 6.45) is 3.96. The van der Waals surface area contributed by atoms with Crippen molar-refractivity contribution in [1.29, 1.82) is 0 Å². The third-order valence-electron chi connectivity index (χ3n) is 5.00. The number of halogens is 4. The molecule has 0 spiro atoms. The molecule has 0 atom stereocenters. The predicted octanol–water partition coefficient (Wildman–Crippen LogP) is 5.70. The van der Waals surface area contributed by atoms with Gasteiger partial charge < -0.3 is 9.97 Å². The van der Waals surface area contributed by atoms with E-state index in [9.17, 15) is 22.4 Å². The summed E-state index contributed by atoms with van der Waals surface area (Å²) < 4.78 is 53.0. The van der Waals surface area contributed by atoms with Gasteiger partial charge in [0.2, 0.25) is 0 Å². The van der Waals surface area contributed by atoms with E-state index in [1.54, 1.807) is 6.07 Å². The Morgan fingerprint density at radius 3 is 2.29 bits per heavy atom. The van der Waals surface area contributed by atoms with Gasteiger partial charge in [0.25, 0.3) is 5.56 Å². The minimum Gasteiger partial charge on any atom is -0.338 e. The maximum Gasteiger partial charge on any atom is 0.416 e. The van der Waals surface area contributed by atoms with Crippen molar-refractivity contribution in [3.8, 4) is 22.6 Å². The van der Waals surface area contributed by atoms with E-state index in [1.807, 2.05) is 0 Å². The van der Waals surface area contributed by atoms with Crippen LogP contribution >= 0.6 is 0 Å². The molecule has 5 nitrogen and oxygen atoms in total. The second-order valence-electron chi connectivity index (χ2n) is 7.22. The molecular weight excluding hydrogens is 412 g/mol. The van der Waals surface area contributed by atoms with Crippen molar-refractivity contribution in [2.75, 3.05) is 0 Å². The van der Waals surface area contributed by atoms with Gasteiger partial charge in [-0.1, -0.05) is 31.7 Å². The Hall–Kier alpha value is -3.49. The van der Waals surface area contributed by atoms with E-state index in [2.05, 4.69) is 19.9 Å². The molecule has 1 saturated carbocycles. The van der Waals surface area contributed by atoms with Crippen molar-refractivity contribution in [2.24, 2.45) is 0 Å². The fraction of sp³-hybridized carbons (Fsp3) is 0.227. The van der Waals surface area contributed by atoms with Gasteiger partial charge in [-0.15, -0.1) is 0 Å². The molecule has 1 aliphatic carbocycles. The lowest BCUT2D eigenvalue weighted by molar-refractivity contribution is -0.137. The van der Waals surface area contributed by atoms with E-state index in [-0.39, 0.29) is 22.5 Å². The molecule has 0 bridgehead atoms. The van der Waals surface area contributed by atoms with Gasteiger partial charge in [-0.25, -0.2) is 14.4 Å². The summed E-state index contributed by atoms with van der Waals surface area (Å²) in [6, 6.07) is 7.32. The van der Waals surface area contributed by atoms with Gasteiger partial charge in [-0.2, -0.15) is 13.2 Å². The van der Waals surface area contributed by atoms with Crippen LogP contribution in [-0.2, 0) is 6.18 Å². The van der Waals surface area contributed by atoms with Gasteiger partial charge in [0.15, 0.2) is 0 Å². The number of nitrogens with one attached hydrogen (secondary N) is 2. The zero-order valence-electron chi connectivity index (χ0n) is 16.3. The first-order valence-electron chi connectivity index (χ1n) is 9.73. The van der Waals surface area contributed by atoms with Gasteiger partial charge in [-0.05, 0) is 30.3 Å². The highest BCUT2D eigenvalue weighted by atomic mass is 19.4. The number of aromatic amines is 2. The SMILES string of the molecule is C1CCC1.O=c1cnc(-c2ccc(-c3nc4ccc(C(F)(F)F)cc4[nH]3)c(F)c2)c[nH]1. The first kappa shape index (κ1) is 20.8. The minimum atomic E-state index is -4.48. The third-order valence-corrected chi connectivity index (χ3v) is 5.00. The van der Waals surface area contributed by atoms with Crippen LogP contribution in [0.3, 0.4) is 0 Å². The van der Waals surface area contributed by atoms with E-state index >= 15 is 0 Å². The Morgan fingerprint density at radius 2 is 1.71 bits per heavy atom. The number of aromatic nitrogens is 4. The Kier molecular flexibility index (Phi) is 5.58. The van der Waals surface area contributed by atoms with Crippen LogP contribution in [0.25, 0.3) is 33.7 Å². The molecule has 2 heterocycles. The van der Waals surface area contributed by atoms with Crippen LogP contribution in [0.2, 0.25) is 0 Å². The fourth-order valence-electron chi connectivity index (χ4n) is 2.93. The van der Waals surface area contributed by atoms with Crippen LogP contribution < -0.4 is 5.56 Å². The zero-order valence-corrected chi connectivity index (χ0v) is 16.3. The lowest BCUT2D eigenvalue weighted by Gasteiger charge is -2.05. The van der Waals surface area contributed by atoms with Crippen LogP contribution in [-0.4, -0.2) is 19.9 Å². The summed E-state index contributed by atoms with van der Waals surface area (Å²) in [6.45, 7) is 0. The summed E-state index contributed by atoms with van der Waals surface area (Å²) in [4.78, 5) is 24.3. The van der Waals surface area contributed by atoms with Crippen molar-refractivity contribution < 1.29 is 17.6 Å². The highest BCUT2D eigenvalue weighted by molar-refractivity contribution is 5.80. The van der Waals surface area contributed by atoms with Crippen LogP contribution in [0.1, 0.15) is 31.2 Å². The highest BCUT2D eigenvalue weighted by Gasteiger charge is 2.30. The molecule has 0 saturated heterocycles. The Bertz CT molecular complexity index is 1250. The van der Waals surface area contributed by atoms with E-state index in [1.165, 1.54) is 50.1 Å². The standard InChI is InChI=1S/C18H10F4N4O.C4H8/c19-12-5-9(15-7-24-16(27)8-23-15)1-3-11(12)17-25-13-4-2-10(18(20,21)22)6-14(13)26-17;1-2-4-3-1/h1-8H,(H,24,27)(H,25,26);1-4H2. The van der Waals surface area contributed by atoms with Crippen LogP contribution in [0.15, 0.2) is 53.6 Å². The van der Waals surface area contributed by atoms with Gasteiger partial charge >= 0.3 is 6.18 Å². The van der Waals surface area contributed by atoms with Crippen molar-refractivity contribution in [3.63, 3.8) is 0 Å². The van der Waals surface area contributed by atoms with E-state index in [4.69, 9.17) is 0 Å². The molecule has 31 heavy (non-hydrogen) atoms. The molecule has 2 N–H and O–H groups in total. The molecule has 0 aliphatic heterocycles. The van der Waals surface area contributed by atoms with Gasteiger partial charge in [0.05, 0.1) is 34.1 Å². The smallest absolute Gasteiger partial charge is 0.338 e. The average Bonchev–Trinajstić information content (AvgIpc) is 3.09. The summed E-state index contributed by atoms with van der Waals surface area (Å²) in [7, 11) is 0. The number of alkyl halides is 3. The predicted molar refractivity (Wildman–Crippen MR) is 109 cm³/mol. The zero-order chi connectivity index (χ0) is 22.0. The van der Waals surface area contributed by atoms with E-state index in [0.717, 1.165) is 18.3 Å². The third kappa shape index (κ3) is 4.65. The Morgan fingerprint density at radius 1 is 0.968 bits per heavy atom. The number of H-pyrrole nitrogens is 2. The minimum absolute atomic E-state index is 0.105. The van der Waals surface area contributed by atoms with Gasteiger partial charge in [0.1, 0.15) is 11.6 Å². The summed E-state index contributed by atoms with van der Waals surface area (Å²) in [5, 5.41) is 0. The fourth-order valence-corrected chi connectivity index (χ4v) is 2.93. The molecule has 1 fully saturated rings. The molecule has 160 valence electrons. The van der Waals surface area contributed by atoms with Crippen LogP contribution in [0.5, 0.6) is 0 Å². The summed E-state index contributed by atoms with van der Waals surface area (Å²) >= 11 is 0. The summed E-state index contributed by atoms with van der Waals surface area (Å²) in [5.74, 6) is -0.515. The molecule has 2 aromatic heterocycles. The Labute approximate surface area is 174 Å². The quantitative estimate of drug-likeness (QED) is 0.401. The summed E-state index contributed by atoms with van der Waals surface area (Å²) in [5.41, 5.74) is 0.172. The largest absolute Gasteiger partial charge is 0.416 e. The molecule has 1 aliphatic rings. The second-order valence-corrected chi connectivity index (χ2v) is 7.22. The molecule has 0 radical (unpaired) electrons. The maximum absolute atomic E-state index is 14.6. The normalized spacial score (nSPS) is 13.4. The molecule has 9 heteroatoms. The van der Waals surface area contributed by atoms with Crippen LogP contribution in [0.4, 0.5) is 17.6 Å². The number of fused-ring (bicyclic) bond motifs is 1. The Balaban J connectivity index is 0.000000520. The lowest BCUT2D eigenvalue weighted by Crippen LogP contribution is -2.04. The van der Waals surface area contributed by atoms with Crippen molar-refractivity contribution in [1.82, 2.24) is 19.9 Å². The first-order chi connectivity index (χ1) is 14.8. The van der Waals surface area contributed by atoms with Crippen molar-refractivity contribution in [3.05, 3.63) is 70.5 Å². The number of hydrogen-bond donors (Lipinski definition) is 2. The molecule has 0 amide bonds. The number of benzene rings is 2. The molecule has 2 aromatic carbocycles. The maximum atomic E-state index is 14.6. The molecule has 4 aromatic rings. The first-order valence-corrected chi connectivity index (χ1v) is 9.73. The number of rotatable bonds is 2. The van der Waals surface area contributed by atoms with Gasteiger partial charge in [-0.3, -0.25) is 4.79 Å². The molecule has 5 rings (SSSR count). The number of hydrogen-bond acceptors (Lipinski definition) is 3. The van der Waals surface area contributed by atoms with Crippen molar-refractivity contribution in [2.45, 2.75) is 31.9 Å².